The molecule has 4 rings (SSSR count). The first-order chi connectivity index (χ1) is 16.2. The first kappa shape index (κ1) is 23.6. The number of aromatic nitrogens is 1. The molecule has 11 heteroatoms. The van der Waals surface area contributed by atoms with Crippen LogP contribution in [-0.2, 0) is 10.0 Å². The molecule has 0 aliphatic carbocycles. The minimum atomic E-state index is -3.36. The van der Waals surface area contributed by atoms with Crippen molar-refractivity contribution in [3.05, 3.63) is 64.5 Å². The van der Waals surface area contributed by atoms with Crippen molar-refractivity contribution in [1.82, 2.24) is 9.88 Å². The molecule has 0 saturated carbocycles. The summed E-state index contributed by atoms with van der Waals surface area (Å²) in [6, 6.07) is 11.2. The molecule has 0 bridgehead atoms. The van der Waals surface area contributed by atoms with E-state index in [9.17, 15) is 22.8 Å². The van der Waals surface area contributed by atoms with E-state index in [1.807, 2.05) is 6.92 Å². The van der Waals surface area contributed by atoms with Gasteiger partial charge < -0.3 is 0 Å². The fourth-order valence-electron chi connectivity index (χ4n) is 3.51. The summed E-state index contributed by atoms with van der Waals surface area (Å²) in [5.74, 6) is -1.15. The highest BCUT2D eigenvalue weighted by Crippen LogP contribution is 2.28. The van der Waals surface area contributed by atoms with Crippen LogP contribution < -0.4 is 10.0 Å². The van der Waals surface area contributed by atoms with Gasteiger partial charge in [-0.2, -0.15) is 0 Å². The van der Waals surface area contributed by atoms with Crippen LogP contribution in [0.5, 0.6) is 0 Å². The summed E-state index contributed by atoms with van der Waals surface area (Å²) < 4.78 is 25.1. The second kappa shape index (κ2) is 9.35. The van der Waals surface area contributed by atoms with E-state index in [0.29, 0.717) is 28.6 Å². The number of hydrogen-bond acceptors (Lipinski definition) is 7. The molecule has 0 unspecified atom stereocenters. The third-order valence-electron chi connectivity index (χ3n) is 5.18. The van der Waals surface area contributed by atoms with Crippen molar-refractivity contribution in [2.24, 2.45) is 0 Å². The maximum atomic E-state index is 12.8. The minimum Gasteiger partial charge on any atom is -0.298 e. The Morgan fingerprint density at radius 3 is 2.44 bits per heavy atom. The SMILES string of the molecule is CCCCN1C(=O)c2ccc(C(=O)Nc3nc(-c4ccc(NS(C)(=O)=O)cc4)cs3)cc2C1=O. The highest BCUT2D eigenvalue weighted by atomic mass is 32.2. The van der Waals surface area contributed by atoms with Crippen molar-refractivity contribution in [3.63, 3.8) is 0 Å². The van der Waals surface area contributed by atoms with Crippen LogP contribution in [0.25, 0.3) is 11.3 Å². The van der Waals surface area contributed by atoms with Crippen LogP contribution in [0.2, 0.25) is 0 Å². The van der Waals surface area contributed by atoms with Gasteiger partial charge in [0.2, 0.25) is 10.0 Å². The summed E-state index contributed by atoms with van der Waals surface area (Å²) in [6.07, 6.45) is 2.66. The van der Waals surface area contributed by atoms with Gasteiger partial charge in [-0.25, -0.2) is 13.4 Å². The van der Waals surface area contributed by atoms with Crippen molar-refractivity contribution in [3.8, 4) is 11.3 Å². The van der Waals surface area contributed by atoms with Crippen LogP contribution in [0.4, 0.5) is 10.8 Å². The first-order valence-corrected chi connectivity index (χ1v) is 13.3. The Morgan fingerprint density at radius 2 is 1.76 bits per heavy atom. The van der Waals surface area contributed by atoms with Gasteiger partial charge in [-0.3, -0.25) is 29.3 Å². The molecule has 3 amide bonds. The lowest BCUT2D eigenvalue weighted by Gasteiger charge is -2.12. The van der Waals surface area contributed by atoms with E-state index in [1.165, 1.54) is 34.4 Å². The van der Waals surface area contributed by atoms with Crippen LogP contribution in [-0.4, -0.2) is 48.8 Å². The van der Waals surface area contributed by atoms with Crippen molar-refractivity contribution in [1.29, 1.82) is 0 Å². The highest BCUT2D eigenvalue weighted by Gasteiger charge is 2.35. The molecule has 0 atom stereocenters. The zero-order valence-electron chi connectivity index (χ0n) is 18.5. The van der Waals surface area contributed by atoms with E-state index >= 15 is 0 Å². The maximum absolute atomic E-state index is 12.8. The van der Waals surface area contributed by atoms with Gasteiger partial charge in [-0.05, 0) is 36.8 Å². The average Bonchev–Trinajstić information content (AvgIpc) is 3.34. The predicted octanol–water partition coefficient (Wildman–Crippen LogP) is 3.83. The Bertz CT molecular complexity index is 1380. The molecule has 34 heavy (non-hydrogen) atoms. The molecule has 0 saturated heterocycles. The molecule has 2 heterocycles. The normalized spacial score (nSPS) is 13.2. The molecule has 0 fully saturated rings. The van der Waals surface area contributed by atoms with Crippen molar-refractivity contribution in [2.45, 2.75) is 19.8 Å². The maximum Gasteiger partial charge on any atom is 0.261 e. The van der Waals surface area contributed by atoms with Gasteiger partial charge in [-0.15, -0.1) is 11.3 Å². The lowest BCUT2D eigenvalue weighted by molar-refractivity contribution is 0.0652. The van der Waals surface area contributed by atoms with Crippen LogP contribution in [0, 0.1) is 0 Å². The van der Waals surface area contributed by atoms with Crippen molar-refractivity contribution in [2.75, 3.05) is 22.8 Å². The summed E-state index contributed by atoms with van der Waals surface area (Å²) in [6.45, 7) is 2.34. The molecule has 9 nitrogen and oxygen atoms in total. The number of amides is 3. The van der Waals surface area contributed by atoms with Gasteiger partial charge >= 0.3 is 0 Å². The van der Waals surface area contributed by atoms with E-state index in [1.54, 1.807) is 29.6 Å². The standard InChI is InChI=1S/C23H22N4O5S2/c1-3-4-11-27-21(29)17-10-7-15(12-18(17)22(27)30)20(28)25-23-24-19(13-33-23)14-5-8-16(9-6-14)26-34(2,31)32/h5-10,12-13,26H,3-4,11H2,1-2H3,(H,24,25,28). The smallest absolute Gasteiger partial charge is 0.261 e. The Kier molecular flexibility index (Phi) is 6.49. The Hall–Kier alpha value is -3.57. The topological polar surface area (TPSA) is 126 Å². The van der Waals surface area contributed by atoms with Crippen LogP contribution >= 0.6 is 11.3 Å². The molecule has 3 aromatic rings. The number of carbonyl (C=O) groups is 3. The fraction of sp³-hybridized carbons (Fsp3) is 0.217. The molecule has 0 radical (unpaired) electrons. The highest BCUT2D eigenvalue weighted by molar-refractivity contribution is 7.92. The van der Waals surface area contributed by atoms with Gasteiger partial charge in [0.15, 0.2) is 5.13 Å². The Morgan fingerprint density at radius 1 is 1.06 bits per heavy atom. The third kappa shape index (κ3) is 5.00. The Labute approximate surface area is 200 Å². The van der Waals surface area contributed by atoms with Gasteiger partial charge in [-0.1, -0.05) is 25.5 Å². The zero-order valence-corrected chi connectivity index (χ0v) is 20.1. The molecular weight excluding hydrogens is 476 g/mol. The molecular formula is C23H22N4O5S2. The van der Waals surface area contributed by atoms with E-state index in [2.05, 4.69) is 15.0 Å². The fourth-order valence-corrected chi connectivity index (χ4v) is 4.79. The van der Waals surface area contributed by atoms with Gasteiger partial charge in [0.1, 0.15) is 0 Å². The van der Waals surface area contributed by atoms with Crippen molar-refractivity contribution < 1.29 is 22.8 Å². The summed E-state index contributed by atoms with van der Waals surface area (Å²) in [5, 5.41) is 4.86. The molecule has 2 N–H and O–H groups in total. The molecule has 0 spiro atoms. The summed E-state index contributed by atoms with van der Waals surface area (Å²) in [4.78, 5) is 43.5. The van der Waals surface area contributed by atoms with Crippen LogP contribution in [0.3, 0.4) is 0 Å². The molecule has 2 aromatic carbocycles. The summed E-state index contributed by atoms with van der Waals surface area (Å²) in [7, 11) is -3.36. The summed E-state index contributed by atoms with van der Waals surface area (Å²) in [5.41, 5.74) is 2.61. The number of benzene rings is 2. The number of anilines is 2. The number of unbranched alkanes of at least 4 members (excludes halogenated alkanes) is 1. The first-order valence-electron chi connectivity index (χ1n) is 10.5. The van der Waals surface area contributed by atoms with Gasteiger partial charge in [0.05, 0.1) is 23.1 Å². The number of rotatable bonds is 8. The number of hydrogen-bond donors (Lipinski definition) is 2. The van der Waals surface area contributed by atoms with Crippen LogP contribution in [0.15, 0.2) is 47.8 Å². The quantitative estimate of drug-likeness (QED) is 0.455. The van der Waals surface area contributed by atoms with E-state index in [-0.39, 0.29) is 22.9 Å². The predicted molar refractivity (Wildman–Crippen MR) is 131 cm³/mol. The monoisotopic (exact) mass is 498 g/mol. The van der Waals surface area contributed by atoms with Crippen LogP contribution in [0.1, 0.15) is 50.8 Å². The number of carbonyl (C=O) groups excluding carboxylic acids is 3. The third-order valence-corrected chi connectivity index (χ3v) is 6.54. The van der Waals surface area contributed by atoms with Gasteiger partial charge in [0, 0.05) is 28.7 Å². The molecule has 1 aromatic heterocycles. The van der Waals surface area contributed by atoms with E-state index in [4.69, 9.17) is 0 Å². The number of sulfonamides is 1. The van der Waals surface area contributed by atoms with Gasteiger partial charge in [0.25, 0.3) is 17.7 Å². The second-order valence-electron chi connectivity index (χ2n) is 7.82. The minimum absolute atomic E-state index is 0.233. The average molecular weight is 499 g/mol. The Balaban J connectivity index is 1.46. The summed E-state index contributed by atoms with van der Waals surface area (Å²) >= 11 is 1.23. The number of imide groups is 1. The van der Waals surface area contributed by atoms with E-state index < -0.39 is 15.9 Å². The second-order valence-corrected chi connectivity index (χ2v) is 10.4. The molecule has 1 aliphatic rings. The molecule has 176 valence electrons. The number of nitrogens with one attached hydrogen (secondary N) is 2. The van der Waals surface area contributed by atoms with E-state index in [0.717, 1.165) is 24.7 Å². The number of thiazole rings is 1. The molecule has 1 aliphatic heterocycles. The zero-order chi connectivity index (χ0) is 24.5. The number of fused-ring (bicyclic) bond motifs is 1. The lowest BCUT2D eigenvalue weighted by Crippen LogP contribution is -2.30. The van der Waals surface area contributed by atoms with Crippen molar-refractivity contribution >= 4 is 49.9 Å². The lowest BCUT2D eigenvalue weighted by atomic mass is 10.1. The largest absolute Gasteiger partial charge is 0.298 e. The number of nitrogens with zero attached hydrogens (tertiary/aromatic N) is 2.